The number of amides is 3. The fourth-order valence-corrected chi connectivity index (χ4v) is 2.68. The van der Waals surface area contributed by atoms with E-state index in [1.54, 1.807) is 0 Å². The first kappa shape index (κ1) is 17.3. The highest BCUT2D eigenvalue weighted by Crippen LogP contribution is 2.43. The summed E-state index contributed by atoms with van der Waals surface area (Å²) in [5.74, 6) is -0.187. The van der Waals surface area contributed by atoms with Crippen LogP contribution in [0, 0.1) is 5.41 Å². The van der Waals surface area contributed by atoms with Crippen LogP contribution in [0.5, 0.6) is 0 Å². The molecule has 0 saturated heterocycles. The second kappa shape index (κ2) is 7.46. The Morgan fingerprint density at radius 2 is 1.96 bits per heavy atom. The summed E-state index contributed by atoms with van der Waals surface area (Å²) in [5, 5.41) is 7.84. The van der Waals surface area contributed by atoms with E-state index in [-0.39, 0.29) is 36.0 Å². The molecule has 6 nitrogen and oxygen atoms in total. The third-order valence-electron chi connectivity index (χ3n) is 4.44. The van der Waals surface area contributed by atoms with Crippen molar-refractivity contribution >= 4 is 11.9 Å². The van der Waals surface area contributed by atoms with E-state index in [9.17, 15) is 9.59 Å². The summed E-state index contributed by atoms with van der Waals surface area (Å²) in [4.78, 5) is 22.9. The first-order valence-corrected chi connectivity index (χ1v) is 7.84. The maximum atomic E-state index is 11.8. The van der Waals surface area contributed by atoms with Gasteiger partial charge in [0.15, 0.2) is 0 Å². The van der Waals surface area contributed by atoms with Crippen molar-refractivity contribution in [2.75, 3.05) is 13.6 Å². The molecular weight excluding hydrogens is 294 g/mol. The number of hydrogen-bond donors (Lipinski definition) is 3. The molecule has 1 saturated carbocycles. The van der Waals surface area contributed by atoms with Crippen molar-refractivity contribution < 1.29 is 14.3 Å². The zero-order chi connectivity index (χ0) is 16.9. The topological polar surface area (TPSA) is 79.5 Å². The number of carbonyl (C=O) groups is 2. The van der Waals surface area contributed by atoms with E-state index in [0.717, 1.165) is 12.0 Å². The van der Waals surface area contributed by atoms with E-state index in [2.05, 4.69) is 29.8 Å². The third kappa shape index (κ3) is 4.45. The van der Waals surface area contributed by atoms with Crippen LogP contribution < -0.4 is 16.0 Å². The number of nitrogens with one attached hydrogen (secondary N) is 3. The quantitative estimate of drug-likeness (QED) is 0.742. The van der Waals surface area contributed by atoms with E-state index in [1.165, 1.54) is 7.05 Å². The van der Waals surface area contributed by atoms with Gasteiger partial charge in [0.05, 0.1) is 19.3 Å². The van der Waals surface area contributed by atoms with E-state index in [4.69, 9.17) is 4.74 Å². The summed E-state index contributed by atoms with van der Waals surface area (Å²) >= 11 is 0. The van der Waals surface area contributed by atoms with Crippen LogP contribution in [0.3, 0.4) is 0 Å². The van der Waals surface area contributed by atoms with E-state index < -0.39 is 0 Å². The third-order valence-corrected chi connectivity index (χ3v) is 4.44. The number of benzene rings is 1. The molecule has 0 bridgehead atoms. The second-order valence-electron chi connectivity index (χ2n) is 6.40. The first-order chi connectivity index (χ1) is 10.9. The lowest BCUT2D eigenvalue weighted by Gasteiger charge is -2.51. The van der Waals surface area contributed by atoms with Crippen LogP contribution in [0.1, 0.15) is 25.8 Å². The molecule has 0 aliphatic heterocycles. The molecule has 1 aliphatic rings. The summed E-state index contributed by atoms with van der Waals surface area (Å²) in [7, 11) is 1.51. The molecule has 23 heavy (non-hydrogen) atoms. The lowest BCUT2D eigenvalue weighted by molar-refractivity contribution is -0.140. The van der Waals surface area contributed by atoms with Crippen molar-refractivity contribution in [2.45, 2.75) is 39.0 Å². The Bertz CT molecular complexity index is 545. The normalized spacial score (nSPS) is 21.9. The fourth-order valence-electron chi connectivity index (χ4n) is 2.68. The molecule has 3 N–H and O–H groups in total. The number of carbonyl (C=O) groups excluding carboxylic acids is 2. The van der Waals surface area contributed by atoms with Gasteiger partial charge in [0, 0.05) is 18.5 Å². The van der Waals surface area contributed by atoms with Gasteiger partial charge in [-0.3, -0.25) is 4.79 Å². The second-order valence-corrected chi connectivity index (χ2v) is 6.40. The number of ether oxygens (including phenoxy) is 1. The predicted molar refractivity (Wildman–Crippen MR) is 87.8 cm³/mol. The van der Waals surface area contributed by atoms with Crippen LogP contribution >= 0.6 is 0 Å². The highest BCUT2D eigenvalue weighted by Gasteiger charge is 2.49. The lowest BCUT2D eigenvalue weighted by atomic mass is 9.64. The van der Waals surface area contributed by atoms with E-state index in [1.807, 2.05) is 30.3 Å². The molecule has 0 radical (unpaired) electrons. The lowest BCUT2D eigenvalue weighted by Crippen LogP contribution is -2.62. The molecule has 1 aromatic rings. The Hall–Kier alpha value is -2.08. The summed E-state index contributed by atoms with van der Waals surface area (Å²) < 4.78 is 5.98. The Labute approximate surface area is 137 Å². The smallest absolute Gasteiger partial charge is 0.314 e. The van der Waals surface area contributed by atoms with E-state index >= 15 is 0 Å². The van der Waals surface area contributed by atoms with Gasteiger partial charge in [-0.25, -0.2) is 4.79 Å². The van der Waals surface area contributed by atoms with Gasteiger partial charge in [0.25, 0.3) is 0 Å². The van der Waals surface area contributed by atoms with Gasteiger partial charge in [-0.2, -0.15) is 0 Å². The van der Waals surface area contributed by atoms with Gasteiger partial charge >= 0.3 is 6.03 Å². The van der Waals surface area contributed by atoms with Crippen LogP contribution in [0.25, 0.3) is 0 Å². The van der Waals surface area contributed by atoms with Gasteiger partial charge < -0.3 is 20.7 Å². The molecule has 0 heterocycles. The van der Waals surface area contributed by atoms with Gasteiger partial charge in [0.2, 0.25) is 5.91 Å². The zero-order valence-electron chi connectivity index (χ0n) is 13.9. The van der Waals surface area contributed by atoms with Crippen LogP contribution in [-0.4, -0.2) is 37.7 Å². The highest BCUT2D eigenvalue weighted by atomic mass is 16.5. The van der Waals surface area contributed by atoms with Crippen molar-refractivity contribution in [2.24, 2.45) is 5.41 Å². The SMILES string of the molecule is CNC(=O)NCC(=O)N[C@@H]1C[C@H](OCc2ccccc2)C1(C)C. The van der Waals surface area contributed by atoms with Crippen LogP contribution in [-0.2, 0) is 16.1 Å². The van der Waals surface area contributed by atoms with Gasteiger partial charge in [0.1, 0.15) is 0 Å². The van der Waals surface area contributed by atoms with Crippen LogP contribution in [0.2, 0.25) is 0 Å². The molecule has 6 heteroatoms. The average molecular weight is 319 g/mol. The van der Waals surface area contributed by atoms with Gasteiger partial charge in [-0.15, -0.1) is 0 Å². The van der Waals surface area contributed by atoms with E-state index in [0.29, 0.717) is 6.61 Å². The van der Waals surface area contributed by atoms with Crippen LogP contribution in [0.4, 0.5) is 4.79 Å². The number of urea groups is 1. The highest BCUT2D eigenvalue weighted by molar-refractivity contribution is 5.84. The maximum Gasteiger partial charge on any atom is 0.314 e. The van der Waals surface area contributed by atoms with Crippen LogP contribution in [0.15, 0.2) is 30.3 Å². The molecule has 126 valence electrons. The number of hydrogen-bond acceptors (Lipinski definition) is 3. The first-order valence-electron chi connectivity index (χ1n) is 7.84. The minimum absolute atomic E-state index is 0.0260. The molecule has 1 aliphatic carbocycles. The molecule has 2 rings (SSSR count). The molecular formula is C17H25N3O3. The number of rotatable bonds is 6. The fraction of sp³-hybridized carbons (Fsp3) is 0.529. The van der Waals surface area contributed by atoms with Gasteiger partial charge in [-0.1, -0.05) is 44.2 Å². The predicted octanol–water partition coefficient (Wildman–Crippen LogP) is 1.42. The summed E-state index contributed by atoms with van der Waals surface area (Å²) in [6.45, 7) is 4.72. The Morgan fingerprint density at radius 3 is 2.57 bits per heavy atom. The molecule has 1 fully saturated rings. The minimum atomic E-state index is -0.364. The molecule has 0 aromatic heterocycles. The summed E-state index contributed by atoms with van der Waals surface area (Å²) in [5.41, 5.74) is 1.02. The maximum absolute atomic E-state index is 11.8. The summed E-state index contributed by atoms with van der Waals surface area (Å²) in [6, 6.07) is 9.74. The summed E-state index contributed by atoms with van der Waals surface area (Å²) in [6.07, 6.45) is 0.894. The Balaban J connectivity index is 1.75. The zero-order valence-corrected chi connectivity index (χ0v) is 13.9. The van der Waals surface area contributed by atoms with Crippen molar-refractivity contribution in [3.63, 3.8) is 0 Å². The standard InChI is InChI=1S/C17H25N3O3/c1-17(2)13(20-15(21)10-19-16(22)18-3)9-14(17)23-11-12-7-5-4-6-8-12/h4-8,13-14H,9-11H2,1-3H3,(H,20,21)(H2,18,19,22)/t13-,14+/m1/s1. The monoisotopic (exact) mass is 319 g/mol. The van der Waals surface area contributed by atoms with Crippen molar-refractivity contribution in [1.82, 2.24) is 16.0 Å². The Morgan fingerprint density at radius 1 is 1.26 bits per heavy atom. The molecule has 1 aromatic carbocycles. The van der Waals surface area contributed by atoms with Crippen molar-refractivity contribution in [3.8, 4) is 0 Å². The molecule has 3 amide bonds. The van der Waals surface area contributed by atoms with Crippen molar-refractivity contribution in [1.29, 1.82) is 0 Å². The Kier molecular flexibility index (Phi) is 5.60. The molecule has 0 unspecified atom stereocenters. The largest absolute Gasteiger partial charge is 0.373 e. The minimum Gasteiger partial charge on any atom is -0.373 e. The van der Waals surface area contributed by atoms with Crippen molar-refractivity contribution in [3.05, 3.63) is 35.9 Å². The average Bonchev–Trinajstić information content (AvgIpc) is 2.56. The van der Waals surface area contributed by atoms with Gasteiger partial charge in [-0.05, 0) is 12.0 Å². The molecule has 0 spiro atoms. The molecule has 2 atom stereocenters.